The van der Waals surface area contributed by atoms with Gasteiger partial charge in [-0.25, -0.2) is 0 Å². The largest absolute Gasteiger partial charge is 0.496 e. The molecule has 0 saturated carbocycles. The lowest BCUT2D eigenvalue weighted by Crippen LogP contribution is -2.50. The fraction of sp³-hybridized carbons (Fsp3) is 0.320. The van der Waals surface area contributed by atoms with E-state index < -0.39 is 0 Å². The molecule has 0 bridgehead atoms. The number of hydrogen-bond donors (Lipinski definition) is 0. The van der Waals surface area contributed by atoms with Crippen molar-refractivity contribution in [2.45, 2.75) is 13.3 Å². The Labute approximate surface area is 188 Å². The van der Waals surface area contributed by atoms with Crippen LogP contribution < -0.4 is 14.4 Å². The van der Waals surface area contributed by atoms with Crippen LogP contribution in [0.4, 0.5) is 5.82 Å². The second-order valence-corrected chi connectivity index (χ2v) is 7.63. The first kappa shape index (κ1) is 21.6. The van der Waals surface area contributed by atoms with Crippen LogP contribution in [0.3, 0.4) is 0 Å². The van der Waals surface area contributed by atoms with E-state index in [-0.39, 0.29) is 12.5 Å². The van der Waals surface area contributed by atoms with Crippen LogP contribution >= 0.6 is 0 Å². The molecule has 4 rings (SSSR count). The van der Waals surface area contributed by atoms with Gasteiger partial charge in [0.05, 0.1) is 12.8 Å². The molecule has 0 radical (unpaired) electrons. The molecule has 1 aliphatic rings. The molecule has 0 atom stereocenters. The normalized spacial score (nSPS) is 13.7. The van der Waals surface area contributed by atoms with E-state index in [1.165, 1.54) is 5.56 Å². The first-order valence-electron chi connectivity index (χ1n) is 10.9. The van der Waals surface area contributed by atoms with Crippen molar-refractivity contribution >= 4 is 11.7 Å². The molecule has 1 aromatic heterocycles. The van der Waals surface area contributed by atoms with Gasteiger partial charge in [0, 0.05) is 31.7 Å². The third-order valence-corrected chi connectivity index (χ3v) is 5.68. The minimum absolute atomic E-state index is 0.00169. The van der Waals surface area contributed by atoms with Gasteiger partial charge >= 0.3 is 0 Å². The lowest BCUT2D eigenvalue weighted by atomic mass is 10.1. The van der Waals surface area contributed by atoms with Crippen molar-refractivity contribution < 1.29 is 14.3 Å². The Kier molecular flexibility index (Phi) is 6.84. The van der Waals surface area contributed by atoms with E-state index in [4.69, 9.17) is 9.47 Å². The Morgan fingerprint density at radius 2 is 1.69 bits per heavy atom. The molecule has 0 unspecified atom stereocenters. The molecular formula is C25H28N4O3. The van der Waals surface area contributed by atoms with E-state index in [1.54, 1.807) is 7.11 Å². The molecule has 2 aromatic carbocycles. The summed E-state index contributed by atoms with van der Waals surface area (Å²) in [5.41, 5.74) is 2.93. The standard InChI is InChI=1S/C25H28N4O3/c1-3-19-8-10-20(11-9-19)32-18-25(30)29-16-14-28(15-17-29)24-13-12-22(26-27-24)21-6-4-5-7-23(21)31-2/h4-13H,3,14-18H2,1-2H3. The molecule has 2 heterocycles. The van der Waals surface area contributed by atoms with Gasteiger partial charge in [-0.05, 0) is 48.4 Å². The molecule has 32 heavy (non-hydrogen) atoms. The van der Waals surface area contributed by atoms with Crippen molar-refractivity contribution in [3.63, 3.8) is 0 Å². The number of rotatable bonds is 7. The lowest BCUT2D eigenvalue weighted by molar-refractivity contribution is -0.133. The summed E-state index contributed by atoms with van der Waals surface area (Å²) >= 11 is 0. The number of benzene rings is 2. The number of amides is 1. The van der Waals surface area contributed by atoms with E-state index in [2.05, 4.69) is 22.0 Å². The van der Waals surface area contributed by atoms with Crippen LogP contribution in [0.5, 0.6) is 11.5 Å². The quantitative estimate of drug-likeness (QED) is 0.570. The van der Waals surface area contributed by atoms with Gasteiger partial charge in [-0.3, -0.25) is 4.79 Å². The third-order valence-electron chi connectivity index (χ3n) is 5.68. The van der Waals surface area contributed by atoms with Crippen LogP contribution in [0.2, 0.25) is 0 Å². The average Bonchev–Trinajstić information content (AvgIpc) is 2.87. The van der Waals surface area contributed by atoms with Crippen molar-refractivity contribution in [2.24, 2.45) is 0 Å². The zero-order chi connectivity index (χ0) is 22.3. The zero-order valence-corrected chi connectivity index (χ0v) is 18.5. The first-order chi connectivity index (χ1) is 15.7. The summed E-state index contributed by atoms with van der Waals surface area (Å²) in [6.07, 6.45) is 0.983. The fourth-order valence-electron chi connectivity index (χ4n) is 3.74. The highest BCUT2D eigenvalue weighted by Crippen LogP contribution is 2.28. The molecule has 1 amide bonds. The predicted octanol–water partition coefficient (Wildman–Crippen LogP) is 3.44. The summed E-state index contributed by atoms with van der Waals surface area (Å²) in [6, 6.07) is 19.6. The Balaban J connectivity index is 1.29. The SMILES string of the molecule is CCc1ccc(OCC(=O)N2CCN(c3ccc(-c4ccccc4OC)nn3)CC2)cc1. The summed E-state index contributed by atoms with van der Waals surface area (Å²) in [7, 11) is 1.65. The van der Waals surface area contributed by atoms with Gasteiger partial charge in [0.25, 0.3) is 5.91 Å². The Morgan fingerprint density at radius 3 is 2.34 bits per heavy atom. The van der Waals surface area contributed by atoms with E-state index >= 15 is 0 Å². The monoisotopic (exact) mass is 432 g/mol. The van der Waals surface area contributed by atoms with Crippen molar-refractivity contribution in [1.29, 1.82) is 0 Å². The molecule has 166 valence electrons. The lowest BCUT2D eigenvalue weighted by Gasteiger charge is -2.35. The number of methoxy groups -OCH3 is 1. The molecule has 1 saturated heterocycles. The van der Waals surface area contributed by atoms with Crippen molar-refractivity contribution in [1.82, 2.24) is 15.1 Å². The highest BCUT2D eigenvalue weighted by atomic mass is 16.5. The third kappa shape index (κ3) is 4.99. The maximum absolute atomic E-state index is 12.5. The van der Waals surface area contributed by atoms with E-state index in [1.807, 2.05) is 65.6 Å². The van der Waals surface area contributed by atoms with E-state index in [0.29, 0.717) is 26.2 Å². The van der Waals surface area contributed by atoms with Crippen LogP contribution in [0.15, 0.2) is 60.7 Å². The Bertz CT molecular complexity index is 1030. The maximum atomic E-state index is 12.5. The number of anilines is 1. The number of aromatic nitrogens is 2. The molecular weight excluding hydrogens is 404 g/mol. The molecule has 0 N–H and O–H groups in total. The van der Waals surface area contributed by atoms with Gasteiger partial charge < -0.3 is 19.3 Å². The Hall–Kier alpha value is -3.61. The molecule has 0 aliphatic carbocycles. The van der Waals surface area contributed by atoms with Crippen LogP contribution in [0.25, 0.3) is 11.3 Å². The van der Waals surface area contributed by atoms with Gasteiger partial charge in [-0.15, -0.1) is 10.2 Å². The smallest absolute Gasteiger partial charge is 0.260 e. The van der Waals surface area contributed by atoms with Gasteiger partial charge in [0.15, 0.2) is 12.4 Å². The summed E-state index contributed by atoms with van der Waals surface area (Å²) in [5.74, 6) is 2.30. The van der Waals surface area contributed by atoms with Crippen LogP contribution in [-0.2, 0) is 11.2 Å². The minimum Gasteiger partial charge on any atom is -0.496 e. The van der Waals surface area contributed by atoms with Gasteiger partial charge in [0.2, 0.25) is 0 Å². The fourth-order valence-corrected chi connectivity index (χ4v) is 3.74. The van der Waals surface area contributed by atoms with E-state index in [0.717, 1.165) is 35.0 Å². The van der Waals surface area contributed by atoms with Gasteiger partial charge in [-0.2, -0.15) is 0 Å². The molecule has 7 nitrogen and oxygen atoms in total. The highest BCUT2D eigenvalue weighted by Gasteiger charge is 2.22. The van der Waals surface area contributed by atoms with Crippen molar-refractivity contribution in [2.75, 3.05) is 44.8 Å². The molecule has 0 spiro atoms. The van der Waals surface area contributed by atoms with Crippen LogP contribution in [-0.4, -0.2) is 60.9 Å². The summed E-state index contributed by atoms with van der Waals surface area (Å²) in [4.78, 5) is 16.5. The number of piperazine rings is 1. The van der Waals surface area contributed by atoms with Crippen LogP contribution in [0.1, 0.15) is 12.5 Å². The number of aryl methyl sites for hydroxylation is 1. The molecule has 7 heteroatoms. The van der Waals surface area contributed by atoms with Crippen molar-refractivity contribution in [3.8, 4) is 22.8 Å². The average molecular weight is 433 g/mol. The van der Waals surface area contributed by atoms with Crippen LogP contribution in [0, 0.1) is 0 Å². The second kappa shape index (κ2) is 10.1. The topological polar surface area (TPSA) is 67.8 Å². The molecule has 1 aliphatic heterocycles. The van der Waals surface area contributed by atoms with Gasteiger partial charge in [-0.1, -0.05) is 31.2 Å². The minimum atomic E-state index is 0.00169. The number of carbonyl (C=O) groups excluding carboxylic acids is 1. The number of carbonyl (C=O) groups is 1. The molecule has 1 fully saturated rings. The highest BCUT2D eigenvalue weighted by molar-refractivity contribution is 5.78. The van der Waals surface area contributed by atoms with E-state index in [9.17, 15) is 4.79 Å². The predicted molar refractivity (Wildman–Crippen MR) is 124 cm³/mol. The summed E-state index contributed by atoms with van der Waals surface area (Å²) in [6.45, 7) is 4.84. The second-order valence-electron chi connectivity index (χ2n) is 7.63. The zero-order valence-electron chi connectivity index (χ0n) is 18.5. The number of ether oxygens (including phenoxy) is 2. The van der Waals surface area contributed by atoms with Gasteiger partial charge in [0.1, 0.15) is 11.5 Å². The summed E-state index contributed by atoms with van der Waals surface area (Å²) in [5, 5.41) is 8.80. The number of para-hydroxylation sites is 1. The summed E-state index contributed by atoms with van der Waals surface area (Å²) < 4.78 is 11.1. The number of hydrogen-bond acceptors (Lipinski definition) is 6. The first-order valence-corrected chi connectivity index (χ1v) is 10.9. The Morgan fingerprint density at radius 1 is 0.938 bits per heavy atom. The number of nitrogens with zero attached hydrogens (tertiary/aromatic N) is 4. The van der Waals surface area contributed by atoms with Crippen molar-refractivity contribution in [3.05, 3.63) is 66.2 Å². The maximum Gasteiger partial charge on any atom is 0.260 e. The molecule has 3 aromatic rings.